The number of benzene rings is 1. The minimum atomic E-state index is -5.08. The normalized spacial score (nSPS) is 24.4. The maximum absolute atomic E-state index is 12.0. The second kappa shape index (κ2) is 9.10. The highest BCUT2D eigenvalue weighted by molar-refractivity contribution is 7.90. The van der Waals surface area contributed by atoms with Crippen LogP contribution in [0.4, 0.5) is 13.2 Å². The van der Waals surface area contributed by atoms with Crippen molar-refractivity contribution in [1.29, 1.82) is 0 Å². The number of nitrogens with zero attached hydrogens (tertiary/aromatic N) is 1. The van der Waals surface area contributed by atoms with Gasteiger partial charge in [-0.15, -0.1) is 0 Å². The number of hydrogen-bond acceptors (Lipinski definition) is 5. The Morgan fingerprint density at radius 2 is 1.96 bits per heavy atom. The summed E-state index contributed by atoms with van der Waals surface area (Å²) in [4.78, 5) is 11.2. The molecule has 158 valence electrons. The van der Waals surface area contributed by atoms with E-state index in [-0.39, 0.29) is 11.2 Å². The molecule has 0 unspecified atom stereocenters. The third-order valence-corrected chi connectivity index (χ3v) is 6.79. The zero-order valence-corrected chi connectivity index (χ0v) is 16.1. The van der Waals surface area contributed by atoms with E-state index in [1.54, 1.807) is 7.11 Å². The maximum Gasteiger partial charge on any atom is 0.490 e. The fraction of sp³-hybridized carbons (Fsp3) is 0.588. The van der Waals surface area contributed by atoms with E-state index in [1.807, 2.05) is 18.2 Å². The molecule has 2 heterocycles. The van der Waals surface area contributed by atoms with Crippen molar-refractivity contribution in [3.63, 3.8) is 0 Å². The molecule has 2 N–H and O–H groups in total. The van der Waals surface area contributed by atoms with Gasteiger partial charge in [0.05, 0.1) is 12.4 Å². The topological polar surface area (TPSA) is 95.9 Å². The summed E-state index contributed by atoms with van der Waals surface area (Å²) in [6, 6.07) is 8.07. The van der Waals surface area contributed by atoms with Gasteiger partial charge in [-0.3, -0.25) is 4.90 Å². The zero-order valence-electron chi connectivity index (χ0n) is 15.3. The fourth-order valence-corrected chi connectivity index (χ4v) is 5.17. The molecular formula is C17H23F3N2O5S. The smallest absolute Gasteiger partial charge is 0.490 e. The minimum Gasteiger partial charge on any atom is -0.497 e. The van der Waals surface area contributed by atoms with E-state index < -0.39 is 22.2 Å². The molecule has 3 rings (SSSR count). The first-order chi connectivity index (χ1) is 13.0. The van der Waals surface area contributed by atoms with Gasteiger partial charge in [-0.05, 0) is 49.5 Å². The standard InChI is InChI=1S/C15H22N2O3S.C2HF3O2/c1-20-14-4-2-3-12(9-14)11-17-7-5-13-10-16-21(18,19)15(13)6-8-17;3-2(4,5)1(6)7/h2-4,9,13,15-16H,5-8,10-11H2,1H3;(H,6,7)/t13-,15-;/m1./s1. The number of fused-ring (bicyclic) bond motifs is 1. The van der Waals surface area contributed by atoms with Crippen molar-refractivity contribution in [3.8, 4) is 5.75 Å². The average Bonchev–Trinajstić information content (AvgIpc) is 2.78. The molecule has 0 aromatic heterocycles. The van der Waals surface area contributed by atoms with Gasteiger partial charge in [0.1, 0.15) is 5.75 Å². The number of likely N-dealkylation sites (tertiary alicyclic amines) is 1. The van der Waals surface area contributed by atoms with Gasteiger partial charge in [0.15, 0.2) is 0 Å². The Morgan fingerprint density at radius 3 is 2.57 bits per heavy atom. The van der Waals surface area contributed by atoms with Gasteiger partial charge in [0.25, 0.3) is 0 Å². The van der Waals surface area contributed by atoms with Crippen LogP contribution in [-0.2, 0) is 21.4 Å². The highest BCUT2D eigenvalue weighted by atomic mass is 32.2. The molecule has 2 fully saturated rings. The van der Waals surface area contributed by atoms with Gasteiger partial charge in [-0.1, -0.05) is 12.1 Å². The van der Waals surface area contributed by atoms with Gasteiger partial charge in [-0.25, -0.2) is 17.9 Å². The number of methoxy groups -OCH3 is 1. The Hall–Kier alpha value is -1.85. The first kappa shape index (κ1) is 22.4. The van der Waals surface area contributed by atoms with Crippen molar-refractivity contribution < 1.29 is 36.2 Å². The van der Waals surface area contributed by atoms with E-state index in [2.05, 4.69) is 15.7 Å². The molecule has 1 aromatic rings. The van der Waals surface area contributed by atoms with E-state index in [0.717, 1.165) is 38.2 Å². The zero-order chi connectivity index (χ0) is 20.9. The molecule has 1 aromatic carbocycles. The lowest BCUT2D eigenvalue weighted by atomic mass is 10.0. The van der Waals surface area contributed by atoms with Crippen molar-refractivity contribution in [2.24, 2.45) is 5.92 Å². The Morgan fingerprint density at radius 1 is 1.32 bits per heavy atom. The predicted molar refractivity (Wildman–Crippen MR) is 95.4 cm³/mol. The summed E-state index contributed by atoms with van der Waals surface area (Å²) in [6.07, 6.45) is -3.41. The predicted octanol–water partition coefficient (Wildman–Crippen LogP) is 1.84. The number of sulfonamides is 1. The van der Waals surface area contributed by atoms with Gasteiger partial charge < -0.3 is 9.84 Å². The van der Waals surface area contributed by atoms with Crippen molar-refractivity contribution in [2.45, 2.75) is 30.8 Å². The van der Waals surface area contributed by atoms with E-state index in [9.17, 15) is 21.6 Å². The van der Waals surface area contributed by atoms with Crippen LogP contribution in [0.2, 0.25) is 0 Å². The van der Waals surface area contributed by atoms with Gasteiger partial charge in [0.2, 0.25) is 10.0 Å². The van der Waals surface area contributed by atoms with Gasteiger partial charge in [0, 0.05) is 13.1 Å². The molecule has 0 radical (unpaired) electrons. The van der Waals surface area contributed by atoms with Crippen LogP contribution < -0.4 is 9.46 Å². The Kier molecular flexibility index (Phi) is 7.29. The molecule has 0 saturated carbocycles. The monoisotopic (exact) mass is 424 g/mol. The highest BCUT2D eigenvalue weighted by Crippen LogP contribution is 2.28. The Bertz CT molecular complexity index is 785. The van der Waals surface area contributed by atoms with Crippen LogP contribution >= 0.6 is 0 Å². The molecule has 11 heteroatoms. The average molecular weight is 424 g/mol. The number of nitrogens with one attached hydrogen (secondary N) is 1. The number of carboxylic acids is 1. The van der Waals surface area contributed by atoms with E-state index in [4.69, 9.17) is 14.6 Å². The summed E-state index contributed by atoms with van der Waals surface area (Å²) in [5.41, 5.74) is 1.21. The van der Waals surface area contributed by atoms with Gasteiger partial charge in [-0.2, -0.15) is 13.2 Å². The van der Waals surface area contributed by atoms with E-state index >= 15 is 0 Å². The number of halogens is 3. The van der Waals surface area contributed by atoms with Crippen LogP contribution in [0.25, 0.3) is 0 Å². The molecule has 2 saturated heterocycles. The molecule has 0 aliphatic carbocycles. The summed E-state index contributed by atoms with van der Waals surface area (Å²) >= 11 is 0. The lowest BCUT2D eigenvalue weighted by molar-refractivity contribution is -0.192. The Balaban J connectivity index is 0.000000345. The summed E-state index contributed by atoms with van der Waals surface area (Å²) in [5, 5.41) is 6.92. The second-order valence-electron chi connectivity index (χ2n) is 6.70. The number of ether oxygens (including phenoxy) is 1. The third-order valence-electron chi connectivity index (χ3n) is 4.80. The van der Waals surface area contributed by atoms with Crippen molar-refractivity contribution in [1.82, 2.24) is 9.62 Å². The number of aliphatic carboxylic acids is 1. The molecule has 0 amide bonds. The molecule has 2 aliphatic heterocycles. The second-order valence-corrected chi connectivity index (χ2v) is 8.68. The SMILES string of the molecule is COc1cccc(CN2CC[C@@H]3CNS(=O)(=O)[C@@H]3CC2)c1.O=C(O)C(F)(F)F. The molecule has 28 heavy (non-hydrogen) atoms. The highest BCUT2D eigenvalue weighted by Gasteiger charge is 2.41. The summed E-state index contributed by atoms with van der Waals surface area (Å²) in [6.45, 7) is 3.25. The molecule has 7 nitrogen and oxygen atoms in total. The fourth-order valence-electron chi connectivity index (χ4n) is 3.35. The molecule has 0 bridgehead atoms. The lowest BCUT2D eigenvalue weighted by Gasteiger charge is -2.20. The largest absolute Gasteiger partial charge is 0.497 e. The third kappa shape index (κ3) is 6.08. The van der Waals surface area contributed by atoms with Crippen molar-refractivity contribution in [3.05, 3.63) is 29.8 Å². The van der Waals surface area contributed by atoms with Crippen molar-refractivity contribution in [2.75, 3.05) is 26.7 Å². The van der Waals surface area contributed by atoms with Crippen LogP contribution in [-0.4, -0.2) is 62.6 Å². The molecular weight excluding hydrogens is 401 g/mol. The van der Waals surface area contributed by atoms with Crippen molar-refractivity contribution >= 4 is 16.0 Å². The van der Waals surface area contributed by atoms with E-state index in [1.165, 1.54) is 5.56 Å². The van der Waals surface area contributed by atoms with Crippen LogP contribution in [0.3, 0.4) is 0 Å². The van der Waals surface area contributed by atoms with Crippen LogP contribution in [0.5, 0.6) is 5.75 Å². The number of carboxylic acid groups (broad SMARTS) is 1. The van der Waals surface area contributed by atoms with Crippen LogP contribution in [0.1, 0.15) is 18.4 Å². The number of alkyl halides is 3. The number of rotatable bonds is 3. The lowest BCUT2D eigenvalue weighted by Crippen LogP contribution is -2.28. The first-order valence-electron chi connectivity index (χ1n) is 8.67. The molecule has 2 atom stereocenters. The summed E-state index contributed by atoms with van der Waals surface area (Å²) < 4.78 is 63.6. The maximum atomic E-state index is 12.0. The Labute approximate surface area is 161 Å². The van der Waals surface area contributed by atoms with Crippen LogP contribution in [0, 0.1) is 5.92 Å². The summed E-state index contributed by atoms with van der Waals surface area (Å²) in [5.74, 6) is -1.62. The minimum absolute atomic E-state index is 0.201. The van der Waals surface area contributed by atoms with Gasteiger partial charge >= 0.3 is 12.1 Å². The van der Waals surface area contributed by atoms with E-state index in [0.29, 0.717) is 6.54 Å². The number of carbonyl (C=O) groups is 1. The first-order valence-corrected chi connectivity index (χ1v) is 10.2. The molecule has 2 aliphatic rings. The number of hydrogen-bond donors (Lipinski definition) is 2. The quantitative estimate of drug-likeness (QED) is 0.769. The van der Waals surface area contributed by atoms with Crippen LogP contribution in [0.15, 0.2) is 24.3 Å². The molecule has 0 spiro atoms. The summed E-state index contributed by atoms with van der Waals surface area (Å²) in [7, 11) is -1.40.